The van der Waals surface area contributed by atoms with E-state index in [-0.39, 0.29) is 12.9 Å². The number of imidazole rings is 1. The molecule has 1 saturated heterocycles. The Bertz CT molecular complexity index is 994. The predicted octanol–water partition coefficient (Wildman–Crippen LogP) is 2.03. The largest absolute Gasteiger partial charge is 0.494 e. The summed E-state index contributed by atoms with van der Waals surface area (Å²) in [4.78, 5) is 23.7. The summed E-state index contributed by atoms with van der Waals surface area (Å²) in [5.74, 6) is 1.86. The fourth-order valence-electron chi connectivity index (χ4n) is 3.63. The van der Waals surface area contributed by atoms with Crippen molar-refractivity contribution in [2.75, 3.05) is 39.5 Å². The highest BCUT2D eigenvalue weighted by Gasteiger charge is 2.10. The summed E-state index contributed by atoms with van der Waals surface area (Å²) in [6, 6.07) is 8.22. The standard InChI is InChI=1S/C22H29N5O2.2CH2O2/c1-25-18-19(17-24-25)6-9-27-10-7-23-22(27)20-4-2-5-21(16-20)29-13-3-8-26-11-14-28-15-12-26;2*2-1-3/h2,4-5,7,10,16-18H,3,6,8-9,11-15H2,1H3;2*1H,(H,2,3). The normalized spacial score (nSPS) is 13.1. The molecule has 1 aliphatic rings. The number of carboxylic acid groups (broad SMARTS) is 2. The zero-order valence-corrected chi connectivity index (χ0v) is 19.9. The Labute approximate surface area is 204 Å². The minimum atomic E-state index is -0.250. The van der Waals surface area contributed by atoms with Crippen LogP contribution in [0.5, 0.6) is 5.75 Å². The van der Waals surface area contributed by atoms with E-state index in [1.165, 1.54) is 5.56 Å². The number of benzene rings is 1. The van der Waals surface area contributed by atoms with Gasteiger partial charge < -0.3 is 24.3 Å². The van der Waals surface area contributed by atoms with Crippen LogP contribution in [0.4, 0.5) is 0 Å². The van der Waals surface area contributed by atoms with Crippen molar-refractivity contribution >= 4 is 12.9 Å². The number of aromatic nitrogens is 4. The first-order valence-electron chi connectivity index (χ1n) is 11.3. The van der Waals surface area contributed by atoms with Crippen LogP contribution in [0.1, 0.15) is 12.0 Å². The molecule has 4 rings (SSSR count). The van der Waals surface area contributed by atoms with E-state index in [1.807, 2.05) is 42.5 Å². The van der Waals surface area contributed by atoms with E-state index in [0.717, 1.165) is 76.0 Å². The number of aryl methyl sites for hydroxylation is 3. The molecule has 0 amide bonds. The number of hydrogen-bond donors (Lipinski definition) is 2. The van der Waals surface area contributed by atoms with Gasteiger partial charge in [0.2, 0.25) is 0 Å². The highest BCUT2D eigenvalue weighted by molar-refractivity contribution is 5.58. The van der Waals surface area contributed by atoms with Gasteiger partial charge in [0, 0.05) is 57.4 Å². The van der Waals surface area contributed by atoms with Crippen molar-refractivity contribution in [3.8, 4) is 17.1 Å². The highest BCUT2D eigenvalue weighted by atomic mass is 16.5. The van der Waals surface area contributed by atoms with Gasteiger partial charge in [0.25, 0.3) is 12.9 Å². The van der Waals surface area contributed by atoms with Crippen LogP contribution in [0.2, 0.25) is 0 Å². The summed E-state index contributed by atoms with van der Waals surface area (Å²) in [5, 5.41) is 18.0. The van der Waals surface area contributed by atoms with Crippen LogP contribution in [0.15, 0.2) is 49.1 Å². The molecule has 0 bridgehead atoms. The van der Waals surface area contributed by atoms with Crippen LogP contribution in [0, 0.1) is 0 Å². The molecule has 3 aromatic rings. The Morgan fingerprint density at radius 1 is 1.14 bits per heavy atom. The van der Waals surface area contributed by atoms with Gasteiger partial charge in [-0.05, 0) is 30.5 Å². The SMILES string of the molecule is Cn1cc(CCn2ccnc2-c2cccc(OCCCN3CCOCC3)c2)cn1.O=CO.O=CO. The van der Waals surface area contributed by atoms with Gasteiger partial charge in [-0.25, -0.2) is 4.98 Å². The van der Waals surface area contributed by atoms with Gasteiger partial charge in [-0.3, -0.25) is 19.2 Å². The quantitative estimate of drug-likeness (QED) is 0.344. The lowest BCUT2D eigenvalue weighted by Crippen LogP contribution is -2.37. The molecule has 0 radical (unpaired) electrons. The monoisotopic (exact) mass is 487 g/mol. The first-order valence-corrected chi connectivity index (χ1v) is 11.3. The number of carbonyl (C=O) groups is 2. The first kappa shape index (κ1) is 27.5. The average molecular weight is 488 g/mol. The molecule has 0 atom stereocenters. The lowest BCUT2D eigenvalue weighted by molar-refractivity contribution is -0.123. The van der Waals surface area contributed by atoms with E-state index in [9.17, 15) is 0 Å². The number of morpholine rings is 1. The van der Waals surface area contributed by atoms with Crippen LogP contribution in [0.3, 0.4) is 0 Å². The van der Waals surface area contributed by atoms with Crippen LogP contribution in [-0.4, -0.2) is 86.8 Å². The minimum absolute atomic E-state index is 0.250. The number of rotatable bonds is 9. The molecule has 1 aromatic carbocycles. The molecule has 1 fully saturated rings. The smallest absolute Gasteiger partial charge is 0.290 e. The maximum atomic E-state index is 8.36. The second kappa shape index (κ2) is 16.0. The minimum Gasteiger partial charge on any atom is -0.494 e. The summed E-state index contributed by atoms with van der Waals surface area (Å²) in [5.41, 5.74) is 2.30. The van der Waals surface area contributed by atoms with E-state index in [0.29, 0.717) is 0 Å². The molecule has 11 heteroatoms. The van der Waals surface area contributed by atoms with Crippen molar-refractivity contribution in [3.63, 3.8) is 0 Å². The molecular weight excluding hydrogens is 454 g/mol. The highest BCUT2D eigenvalue weighted by Crippen LogP contribution is 2.23. The third-order valence-electron chi connectivity index (χ3n) is 5.20. The van der Waals surface area contributed by atoms with Gasteiger partial charge in [-0.1, -0.05) is 12.1 Å². The molecular formula is C24H33N5O6. The molecule has 1 aliphatic heterocycles. The van der Waals surface area contributed by atoms with Crippen molar-refractivity contribution in [1.82, 2.24) is 24.2 Å². The zero-order valence-electron chi connectivity index (χ0n) is 19.9. The fourth-order valence-corrected chi connectivity index (χ4v) is 3.63. The van der Waals surface area contributed by atoms with Crippen molar-refractivity contribution in [2.24, 2.45) is 7.05 Å². The molecule has 11 nitrogen and oxygen atoms in total. The Hall–Kier alpha value is -3.70. The fraction of sp³-hybridized carbons (Fsp3) is 0.417. The van der Waals surface area contributed by atoms with Crippen molar-refractivity contribution < 1.29 is 29.3 Å². The van der Waals surface area contributed by atoms with Gasteiger partial charge in [-0.15, -0.1) is 0 Å². The molecule has 0 saturated carbocycles. The number of nitrogens with zero attached hydrogens (tertiary/aromatic N) is 5. The van der Waals surface area contributed by atoms with Gasteiger partial charge in [-0.2, -0.15) is 5.10 Å². The average Bonchev–Trinajstić information content (AvgIpc) is 3.51. The summed E-state index contributed by atoms with van der Waals surface area (Å²) >= 11 is 0. The Kier molecular flexibility index (Phi) is 12.6. The summed E-state index contributed by atoms with van der Waals surface area (Å²) in [6.07, 6.45) is 9.80. The Balaban J connectivity index is 0.000000655. The van der Waals surface area contributed by atoms with E-state index in [2.05, 4.69) is 37.9 Å². The second-order valence-corrected chi connectivity index (χ2v) is 7.61. The number of hydrogen-bond acceptors (Lipinski definition) is 7. The van der Waals surface area contributed by atoms with E-state index >= 15 is 0 Å². The Morgan fingerprint density at radius 2 is 1.89 bits per heavy atom. The Morgan fingerprint density at radius 3 is 2.57 bits per heavy atom. The maximum Gasteiger partial charge on any atom is 0.290 e. The summed E-state index contributed by atoms with van der Waals surface area (Å²) < 4.78 is 15.4. The zero-order chi connectivity index (χ0) is 25.3. The van der Waals surface area contributed by atoms with Crippen molar-refractivity contribution in [1.29, 1.82) is 0 Å². The third-order valence-corrected chi connectivity index (χ3v) is 5.20. The first-order chi connectivity index (χ1) is 17.1. The van der Waals surface area contributed by atoms with E-state index in [4.69, 9.17) is 29.3 Å². The lowest BCUT2D eigenvalue weighted by atomic mass is 10.2. The van der Waals surface area contributed by atoms with E-state index in [1.54, 1.807) is 0 Å². The molecule has 2 N–H and O–H groups in total. The van der Waals surface area contributed by atoms with Crippen LogP contribution >= 0.6 is 0 Å². The van der Waals surface area contributed by atoms with Crippen LogP contribution < -0.4 is 4.74 Å². The maximum absolute atomic E-state index is 8.36. The van der Waals surface area contributed by atoms with Gasteiger partial charge >= 0.3 is 0 Å². The lowest BCUT2D eigenvalue weighted by Gasteiger charge is -2.26. The van der Waals surface area contributed by atoms with Crippen LogP contribution in [-0.2, 0) is 34.3 Å². The van der Waals surface area contributed by atoms with Gasteiger partial charge in [0.1, 0.15) is 11.6 Å². The molecule has 0 unspecified atom stereocenters. The number of ether oxygens (including phenoxy) is 2. The molecule has 0 spiro atoms. The molecule has 2 aromatic heterocycles. The predicted molar refractivity (Wildman–Crippen MR) is 129 cm³/mol. The molecule has 0 aliphatic carbocycles. The molecule has 190 valence electrons. The van der Waals surface area contributed by atoms with Crippen LogP contribution in [0.25, 0.3) is 11.4 Å². The topological polar surface area (TPSA) is 132 Å². The second-order valence-electron chi connectivity index (χ2n) is 7.61. The molecule has 35 heavy (non-hydrogen) atoms. The van der Waals surface area contributed by atoms with E-state index < -0.39 is 0 Å². The summed E-state index contributed by atoms with van der Waals surface area (Å²) in [7, 11) is 1.94. The van der Waals surface area contributed by atoms with Crippen molar-refractivity contribution in [2.45, 2.75) is 19.4 Å². The van der Waals surface area contributed by atoms with Crippen molar-refractivity contribution in [3.05, 3.63) is 54.6 Å². The molecule has 3 heterocycles. The van der Waals surface area contributed by atoms with Gasteiger partial charge in [0.15, 0.2) is 0 Å². The van der Waals surface area contributed by atoms with Gasteiger partial charge in [0.05, 0.1) is 26.0 Å². The third kappa shape index (κ3) is 9.98. The summed E-state index contributed by atoms with van der Waals surface area (Å²) in [6.45, 7) is 5.88.